The lowest BCUT2D eigenvalue weighted by Gasteiger charge is -2.36. The Hall–Kier alpha value is -8.26. The van der Waals surface area contributed by atoms with Gasteiger partial charge in [0.05, 0.1) is 11.1 Å². The molecule has 0 aliphatic heterocycles. The summed E-state index contributed by atoms with van der Waals surface area (Å²) >= 11 is 0. The first kappa shape index (κ1) is 35.3. The van der Waals surface area contributed by atoms with Gasteiger partial charge in [-0.2, -0.15) is 0 Å². The van der Waals surface area contributed by atoms with Crippen LogP contribution < -0.4 is 4.90 Å². The summed E-state index contributed by atoms with van der Waals surface area (Å²) in [4.78, 5) is 2.56. The summed E-state index contributed by atoms with van der Waals surface area (Å²) in [5.41, 5.74) is 23.7. The van der Waals surface area contributed by atoms with Crippen LogP contribution in [0.1, 0.15) is 22.3 Å². The van der Waals surface area contributed by atoms with Gasteiger partial charge in [-0.05, 0) is 148 Å². The standard InChI is InChI=1S/C63H39N/c1-3-15-40(16-4-1)42-29-31-47(32-30-42)64(48-33-34-53-52-23-11-14-26-59(52)63(60(53)39-48)57-24-12-9-21-50(57)51-22-10-13-25-58(51)63)62-49-20-8-7-19-45(49)37-56-54-38-46-35-43(41-17-5-2-6-18-41)27-28-44(46)36-55(54)61(56)62/h1-39H. The Bertz CT molecular complexity index is 3650. The van der Waals surface area contributed by atoms with Crippen molar-refractivity contribution in [3.63, 3.8) is 0 Å². The van der Waals surface area contributed by atoms with Gasteiger partial charge in [0.2, 0.25) is 0 Å². The minimum atomic E-state index is -0.452. The molecule has 0 fully saturated rings. The highest BCUT2D eigenvalue weighted by atomic mass is 15.1. The molecule has 0 saturated carbocycles. The van der Waals surface area contributed by atoms with Gasteiger partial charge in [0, 0.05) is 22.3 Å². The number of hydrogen-bond donors (Lipinski definition) is 0. The summed E-state index contributed by atoms with van der Waals surface area (Å²) in [6.07, 6.45) is 0. The van der Waals surface area contributed by atoms with Gasteiger partial charge in [0.15, 0.2) is 0 Å². The van der Waals surface area contributed by atoms with Crippen molar-refractivity contribution in [3.05, 3.63) is 259 Å². The number of rotatable bonds is 5. The lowest BCUT2D eigenvalue weighted by atomic mass is 9.70. The van der Waals surface area contributed by atoms with Crippen LogP contribution >= 0.6 is 0 Å². The molecule has 0 heterocycles. The van der Waals surface area contributed by atoms with Crippen molar-refractivity contribution in [2.75, 3.05) is 4.90 Å². The van der Waals surface area contributed by atoms with Gasteiger partial charge < -0.3 is 4.90 Å². The molecule has 0 aromatic heterocycles. The zero-order valence-electron chi connectivity index (χ0n) is 35.0. The molecule has 0 amide bonds. The van der Waals surface area contributed by atoms with Crippen molar-refractivity contribution in [1.29, 1.82) is 0 Å². The van der Waals surface area contributed by atoms with E-state index in [2.05, 4.69) is 241 Å². The Morgan fingerprint density at radius 1 is 0.266 bits per heavy atom. The van der Waals surface area contributed by atoms with Crippen LogP contribution in [0.15, 0.2) is 237 Å². The molecule has 0 atom stereocenters. The largest absolute Gasteiger partial charge is 0.309 e. The Labute approximate surface area is 372 Å². The summed E-state index contributed by atoms with van der Waals surface area (Å²) in [6.45, 7) is 0. The molecule has 0 N–H and O–H groups in total. The van der Waals surface area contributed by atoms with Gasteiger partial charge in [-0.25, -0.2) is 0 Å². The molecule has 64 heavy (non-hydrogen) atoms. The van der Waals surface area contributed by atoms with Gasteiger partial charge in [-0.3, -0.25) is 0 Å². The first-order valence-corrected chi connectivity index (χ1v) is 22.3. The molecule has 0 radical (unpaired) electrons. The van der Waals surface area contributed by atoms with Crippen LogP contribution in [-0.4, -0.2) is 0 Å². The van der Waals surface area contributed by atoms with E-state index < -0.39 is 5.41 Å². The average molecular weight is 810 g/mol. The summed E-state index contributed by atoms with van der Waals surface area (Å²) < 4.78 is 0. The molecule has 14 rings (SSSR count). The monoisotopic (exact) mass is 809 g/mol. The van der Waals surface area contributed by atoms with Crippen molar-refractivity contribution < 1.29 is 0 Å². The van der Waals surface area contributed by atoms with Gasteiger partial charge in [0.25, 0.3) is 0 Å². The maximum atomic E-state index is 2.56. The highest BCUT2D eigenvalue weighted by Gasteiger charge is 2.51. The Balaban J connectivity index is 1.03. The molecule has 0 bridgehead atoms. The van der Waals surface area contributed by atoms with Crippen LogP contribution in [0, 0.1) is 0 Å². The predicted molar refractivity (Wildman–Crippen MR) is 268 cm³/mol. The van der Waals surface area contributed by atoms with Crippen molar-refractivity contribution in [2.24, 2.45) is 0 Å². The van der Waals surface area contributed by atoms with Gasteiger partial charge in [-0.1, -0.05) is 188 Å². The highest BCUT2D eigenvalue weighted by molar-refractivity contribution is 6.20. The summed E-state index contributed by atoms with van der Waals surface area (Å²) in [7, 11) is 0. The fourth-order valence-electron chi connectivity index (χ4n) is 11.6. The molecule has 3 aliphatic rings. The highest BCUT2D eigenvalue weighted by Crippen LogP contribution is 2.64. The van der Waals surface area contributed by atoms with Gasteiger partial charge in [0.1, 0.15) is 0 Å². The Morgan fingerprint density at radius 2 is 0.766 bits per heavy atom. The molecule has 1 spiro atoms. The fraction of sp³-hybridized carbons (Fsp3) is 0.0159. The van der Waals surface area contributed by atoms with Crippen molar-refractivity contribution in [3.8, 4) is 66.8 Å². The minimum absolute atomic E-state index is 0.452. The molecule has 11 aromatic rings. The number of benzene rings is 11. The molecular weight excluding hydrogens is 771 g/mol. The molecule has 296 valence electrons. The second-order valence-corrected chi connectivity index (χ2v) is 17.6. The Morgan fingerprint density at radius 3 is 1.44 bits per heavy atom. The maximum absolute atomic E-state index is 2.56. The topological polar surface area (TPSA) is 3.24 Å². The smallest absolute Gasteiger partial charge is 0.0726 e. The first-order chi connectivity index (χ1) is 31.7. The van der Waals surface area contributed by atoms with E-state index in [0.717, 1.165) is 11.4 Å². The third-order valence-corrected chi connectivity index (χ3v) is 14.4. The summed E-state index contributed by atoms with van der Waals surface area (Å²) in [5.74, 6) is 0. The van der Waals surface area contributed by atoms with E-state index in [9.17, 15) is 0 Å². The SMILES string of the molecule is c1ccc(-c2ccc(N(c3ccc4c(c3)C3(c5ccccc5-c5ccccc53)c3ccccc3-4)c3c4c(cc5ccccc35)-c3cc5cc(-c6ccccc6)ccc5cc3-4)cc2)cc1. The van der Waals surface area contributed by atoms with E-state index in [1.165, 1.54) is 116 Å². The van der Waals surface area contributed by atoms with Crippen LogP contribution in [0.2, 0.25) is 0 Å². The van der Waals surface area contributed by atoms with Crippen LogP contribution in [0.25, 0.3) is 88.3 Å². The van der Waals surface area contributed by atoms with Crippen molar-refractivity contribution in [1.82, 2.24) is 0 Å². The van der Waals surface area contributed by atoms with Gasteiger partial charge in [-0.15, -0.1) is 0 Å². The van der Waals surface area contributed by atoms with Crippen molar-refractivity contribution in [2.45, 2.75) is 5.41 Å². The molecule has 0 unspecified atom stereocenters. The van der Waals surface area contributed by atoms with E-state index in [1.807, 2.05) is 0 Å². The quantitative estimate of drug-likeness (QED) is 0.167. The minimum Gasteiger partial charge on any atom is -0.309 e. The van der Waals surface area contributed by atoms with E-state index in [-0.39, 0.29) is 0 Å². The molecule has 3 aliphatic carbocycles. The fourth-order valence-corrected chi connectivity index (χ4v) is 11.6. The number of nitrogens with zero attached hydrogens (tertiary/aromatic N) is 1. The van der Waals surface area contributed by atoms with E-state index >= 15 is 0 Å². The van der Waals surface area contributed by atoms with E-state index in [4.69, 9.17) is 0 Å². The summed E-state index contributed by atoms with van der Waals surface area (Å²) in [6, 6.07) is 88.3. The van der Waals surface area contributed by atoms with E-state index in [1.54, 1.807) is 0 Å². The molecule has 11 aromatic carbocycles. The van der Waals surface area contributed by atoms with Gasteiger partial charge >= 0.3 is 0 Å². The van der Waals surface area contributed by atoms with Crippen molar-refractivity contribution >= 4 is 38.6 Å². The Kier molecular flexibility index (Phi) is 7.38. The van der Waals surface area contributed by atoms with Crippen LogP contribution in [0.3, 0.4) is 0 Å². The third-order valence-electron chi connectivity index (χ3n) is 14.4. The second kappa shape index (κ2) is 13.4. The van der Waals surface area contributed by atoms with E-state index in [0.29, 0.717) is 0 Å². The third kappa shape index (κ3) is 4.84. The molecule has 1 heteroatoms. The molecular formula is C63H39N. The first-order valence-electron chi connectivity index (χ1n) is 22.3. The number of anilines is 3. The lowest BCUT2D eigenvalue weighted by Crippen LogP contribution is -2.26. The summed E-state index contributed by atoms with van der Waals surface area (Å²) in [5, 5.41) is 4.97. The molecule has 1 nitrogen and oxygen atoms in total. The average Bonchev–Trinajstić information content (AvgIpc) is 3.83. The lowest BCUT2D eigenvalue weighted by molar-refractivity contribution is 0.793. The normalized spacial score (nSPS) is 13.1. The second-order valence-electron chi connectivity index (χ2n) is 17.6. The zero-order chi connectivity index (χ0) is 41.9. The van der Waals surface area contributed by atoms with Crippen LogP contribution in [0.5, 0.6) is 0 Å². The zero-order valence-corrected chi connectivity index (χ0v) is 35.0. The number of fused-ring (bicyclic) bond motifs is 16. The maximum Gasteiger partial charge on any atom is 0.0726 e. The number of hydrogen-bond acceptors (Lipinski definition) is 1. The van der Waals surface area contributed by atoms with Crippen LogP contribution in [0.4, 0.5) is 17.1 Å². The predicted octanol–water partition coefficient (Wildman–Crippen LogP) is 16.8. The van der Waals surface area contributed by atoms with Crippen LogP contribution in [-0.2, 0) is 5.41 Å². The molecule has 0 saturated heterocycles.